The smallest absolute Gasteiger partial charge is 0.325 e. The largest absolute Gasteiger partial charge is 0.468 e. The number of H-pyrrole nitrogens is 1. The minimum Gasteiger partial charge on any atom is -0.468 e. The van der Waals surface area contributed by atoms with Gasteiger partial charge in [0.25, 0.3) is 11.8 Å². The van der Waals surface area contributed by atoms with Crippen LogP contribution in [0.5, 0.6) is 0 Å². The average Bonchev–Trinajstić information content (AvgIpc) is 1.52. The summed E-state index contributed by atoms with van der Waals surface area (Å²) in [6.45, 7) is 6.82. The van der Waals surface area contributed by atoms with Crippen molar-refractivity contribution in [1.82, 2.24) is 60.4 Å². The van der Waals surface area contributed by atoms with Gasteiger partial charge in [0.15, 0.2) is 5.69 Å². The number of ether oxygens (including phenoxy) is 6. The molecule has 0 spiro atoms. The third kappa shape index (κ3) is 14.9. The molecule has 2 fully saturated rings. The van der Waals surface area contributed by atoms with Gasteiger partial charge in [-0.25, -0.2) is 17.9 Å². The number of aromatic nitrogens is 8. The number of piperidine rings is 1. The normalized spacial score (nSPS) is 17.0. The molecule has 0 radical (unpaired) electrons. The summed E-state index contributed by atoms with van der Waals surface area (Å²) < 4.78 is 81.1. The number of rotatable bonds is 31. The fraction of sp³-hybridized carbons (Fsp3) is 0.526. The standard InChI is InChI=1S/C57H70F3N13O13/c1-35-53-39(5-4-6-44(53)72(69-35)34-49(76)62-31-48(75)63-32-52(79)81-3)40-26-45-36(25-42(40)58)29-65-73(45)51(78)8-7-47(74)61-12-16-83-18-20-85-22-24-86-23-21-84-19-17-82-15-11-50(77)70-13-9-38(10-14-70)71-33-37(30-64-71)66-55(80)54-41-27-46-56(2,57(46,59)60)28-43(41)67-68-54/h4-6,25-26,29-30,33,38,46H,7-24,27-28,31-32,34H2,1-3H3,(H,61,74)(H,62,76)(H,63,75)(H,66,80)(H,67,68)/t46-,56+/m1/s1. The Bertz CT molecular complexity index is 3430. The Morgan fingerprint density at radius 2 is 1.44 bits per heavy atom. The Morgan fingerprint density at radius 1 is 0.756 bits per heavy atom. The van der Waals surface area contributed by atoms with E-state index >= 15 is 4.39 Å². The van der Waals surface area contributed by atoms with Crippen molar-refractivity contribution in [3.63, 3.8) is 0 Å². The molecule has 1 aliphatic heterocycles. The summed E-state index contributed by atoms with van der Waals surface area (Å²) in [4.78, 5) is 89.8. The maximum absolute atomic E-state index is 15.8. The monoisotopic (exact) mass is 1200 g/mol. The Balaban J connectivity index is 0.564. The lowest BCUT2D eigenvalue weighted by Crippen LogP contribution is -2.40. The fourth-order valence-corrected chi connectivity index (χ4v) is 10.8. The van der Waals surface area contributed by atoms with Gasteiger partial charge >= 0.3 is 5.97 Å². The van der Waals surface area contributed by atoms with E-state index in [1.807, 2.05) is 4.90 Å². The number of benzene rings is 2. The second-order valence-electron chi connectivity index (χ2n) is 21.4. The predicted octanol–water partition coefficient (Wildman–Crippen LogP) is 3.32. The van der Waals surface area contributed by atoms with E-state index in [1.54, 1.807) is 49.1 Å². The lowest BCUT2D eigenvalue weighted by atomic mass is 9.87. The summed E-state index contributed by atoms with van der Waals surface area (Å²) in [5.41, 5.74) is 2.64. The molecule has 3 aliphatic rings. The molecule has 5 N–H and O–H groups in total. The molecule has 2 aromatic carbocycles. The zero-order valence-electron chi connectivity index (χ0n) is 48.1. The number of amides is 5. The number of anilines is 1. The molecule has 5 amide bonds. The molecule has 5 heterocycles. The van der Waals surface area contributed by atoms with Gasteiger partial charge < -0.3 is 54.6 Å². The quantitative estimate of drug-likeness (QED) is 0.0308. The molecule has 9 rings (SSSR count). The average molecular weight is 1200 g/mol. The number of aromatic amines is 1. The van der Waals surface area contributed by atoms with Crippen molar-refractivity contribution in [2.75, 3.05) is 111 Å². The lowest BCUT2D eigenvalue weighted by Gasteiger charge is -2.32. The highest BCUT2D eigenvalue weighted by molar-refractivity contribution is 6.04. The van der Waals surface area contributed by atoms with E-state index in [4.69, 9.17) is 23.7 Å². The number of methoxy groups -OCH3 is 1. The van der Waals surface area contributed by atoms with Gasteiger partial charge in [0.2, 0.25) is 29.5 Å². The fourth-order valence-electron chi connectivity index (χ4n) is 10.8. The number of carbonyl (C=O) groups is 7. The first-order valence-corrected chi connectivity index (χ1v) is 28.5. The second-order valence-corrected chi connectivity index (χ2v) is 21.4. The van der Waals surface area contributed by atoms with Gasteiger partial charge in [-0.15, -0.1) is 0 Å². The molecule has 1 saturated carbocycles. The third-order valence-corrected chi connectivity index (χ3v) is 15.7. The van der Waals surface area contributed by atoms with E-state index in [0.29, 0.717) is 122 Å². The molecular formula is C57H70F3N13O13. The number of esters is 1. The van der Waals surface area contributed by atoms with Crippen LogP contribution >= 0.6 is 0 Å². The number of likely N-dealkylation sites (tertiary alicyclic amines) is 1. The summed E-state index contributed by atoms with van der Waals surface area (Å²) in [6.07, 6.45) is 6.25. The molecule has 0 unspecified atom stereocenters. The number of halogens is 3. The maximum Gasteiger partial charge on any atom is 0.325 e. The zero-order chi connectivity index (χ0) is 61.0. The number of aryl methyl sites for hydroxylation is 1. The number of nitrogens with one attached hydrogen (secondary N) is 5. The first kappa shape index (κ1) is 62.4. The van der Waals surface area contributed by atoms with Crippen LogP contribution in [0.2, 0.25) is 0 Å². The summed E-state index contributed by atoms with van der Waals surface area (Å²) in [7, 11) is 1.19. The number of hydrogen-bond donors (Lipinski definition) is 5. The van der Waals surface area contributed by atoms with Gasteiger partial charge in [0.1, 0.15) is 18.9 Å². The molecule has 462 valence electrons. The topological polar surface area (TPSA) is 308 Å². The highest BCUT2D eigenvalue weighted by Gasteiger charge is 2.78. The molecule has 2 atom stereocenters. The van der Waals surface area contributed by atoms with Gasteiger partial charge in [-0.1, -0.05) is 19.1 Å². The number of fused-ring (bicyclic) bond motifs is 4. The minimum atomic E-state index is -2.75. The molecule has 0 bridgehead atoms. The van der Waals surface area contributed by atoms with Crippen molar-refractivity contribution in [2.45, 2.75) is 77.3 Å². The van der Waals surface area contributed by atoms with E-state index < -0.39 is 52.7 Å². The van der Waals surface area contributed by atoms with Gasteiger partial charge in [0.05, 0.1) is 127 Å². The van der Waals surface area contributed by atoms with Crippen molar-refractivity contribution < 1.29 is 75.2 Å². The number of hydrogen-bond acceptors (Lipinski definition) is 17. The molecule has 26 nitrogen and oxygen atoms in total. The van der Waals surface area contributed by atoms with Gasteiger partial charge in [-0.2, -0.15) is 20.4 Å². The SMILES string of the molecule is COC(=O)CNC(=O)CNC(=O)Cn1nc(C)c2c(-c3cc4c(cnn4C(=O)CCC(=O)NCCOCCOCCOCCOCCOCCC(=O)N4CCC(n5cc(NC(=O)c6n[nH]c7c6C[C@H]6C(F)(F)[C@@]6(C)C7)cn5)CC4)cc3F)cccc21. The van der Waals surface area contributed by atoms with Crippen LogP contribution in [-0.2, 0) is 71.8 Å². The van der Waals surface area contributed by atoms with E-state index in [2.05, 4.69) is 51.5 Å². The van der Waals surface area contributed by atoms with Crippen molar-refractivity contribution in [1.29, 1.82) is 0 Å². The Kier molecular flexibility index (Phi) is 20.6. The molecule has 86 heavy (non-hydrogen) atoms. The first-order chi connectivity index (χ1) is 41.4. The number of carbonyl (C=O) groups excluding carboxylic acids is 7. The van der Waals surface area contributed by atoms with E-state index in [9.17, 15) is 42.3 Å². The molecule has 6 aromatic rings. The predicted molar refractivity (Wildman–Crippen MR) is 300 cm³/mol. The van der Waals surface area contributed by atoms with Crippen LogP contribution < -0.4 is 21.3 Å². The van der Waals surface area contributed by atoms with Crippen LogP contribution in [-0.4, -0.2) is 198 Å². The van der Waals surface area contributed by atoms with Crippen LogP contribution in [0.25, 0.3) is 32.9 Å². The zero-order valence-corrected chi connectivity index (χ0v) is 48.1. The van der Waals surface area contributed by atoms with Crippen molar-refractivity contribution in [2.24, 2.45) is 11.3 Å². The van der Waals surface area contributed by atoms with Crippen molar-refractivity contribution in [3.05, 3.63) is 77.4 Å². The summed E-state index contributed by atoms with van der Waals surface area (Å²) >= 11 is 0. The van der Waals surface area contributed by atoms with E-state index in [-0.39, 0.29) is 107 Å². The van der Waals surface area contributed by atoms with Crippen LogP contribution in [0.4, 0.5) is 18.9 Å². The van der Waals surface area contributed by atoms with Gasteiger partial charge in [0, 0.05) is 84.0 Å². The summed E-state index contributed by atoms with van der Waals surface area (Å²) in [6, 6.07) is 7.93. The van der Waals surface area contributed by atoms with Crippen LogP contribution in [0.3, 0.4) is 0 Å². The van der Waals surface area contributed by atoms with Crippen LogP contribution in [0, 0.1) is 24.1 Å². The lowest BCUT2D eigenvalue weighted by molar-refractivity contribution is -0.141. The highest BCUT2D eigenvalue weighted by Crippen LogP contribution is 2.70. The van der Waals surface area contributed by atoms with Crippen LogP contribution in [0.15, 0.2) is 48.9 Å². The molecule has 4 aromatic heterocycles. The summed E-state index contributed by atoms with van der Waals surface area (Å²) in [5.74, 6) is -7.18. The second kappa shape index (κ2) is 28.4. The highest BCUT2D eigenvalue weighted by atomic mass is 19.3. The number of alkyl halides is 2. The number of nitrogens with zero attached hydrogens (tertiary/aromatic N) is 8. The van der Waals surface area contributed by atoms with Gasteiger partial charge in [-0.05, 0) is 49.9 Å². The molecular weight excluding hydrogens is 1130 g/mol. The Hall–Kier alpha value is -8.12. The minimum absolute atomic E-state index is 0.00172. The molecule has 2 aliphatic carbocycles. The van der Waals surface area contributed by atoms with Crippen molar-refractivity contribution >= 4 is 68.9 Å². The molecule has 1 saturated heterocycles. The first-order valence-electron chi connectivity index (χ1n) is 28.5. The van der Waals surface area contributed by atoms with E-state index in [0.717, 1.165) is 4.68 Å². The van der Waals surface area contributed by atoms with E-state index in [1.165, 1.54) is 30.1 Å². The van der Waals surface area contributed by atoms with Crippen LogP contribution in [0.1, 0.15) is 77.3 Å². The summed E-state index contributed by atoms with van der Waals surface area (Å²) in [5, 5.41) is 31.3. The third-order valence-electron chi connectivity index (χ3n) is 15.7. The van der Waals surface area contributed by atoms with Gasteiger partial charge in [-0.3, -0.25) is 48.0 Å². The van der Waals surface area contributed by atoms with Crippen molar-refractivity contribution in [3.8, 4) is 11.1 Å². The Labute approximate surface area is 491 Å². The molecule has 29 heteroatoms. The maximum atomic E-state index is 15.8. The Morgan fingerprint density at radius 3 is 2.15 bits per heavy atom.